The molecule has 2 aliphatic heterocycles. The molecule has 1 spiro atoms. The zero-order valence-corrected chi connectivity index (χ0v) is 18.5. The number of ether oxygens (including phenoxy) is 1. The van der Waals surface area contributed by atoms with Crippen molar-refractivity contribution in [2.75, 3.05) is 17.7 Å². The zero-order valence-electron chi connectivity index (χ0n) is 16.1. The lowest BCUT2D eigenvalue weighted by molar-refractivity contribution is -0.125. The summed E-state index contributed by atoms with van der Waals surface area (Å²) in [6.07, 6.45) is -0.100. The normalized spacial score (nSPS) is 18.9. The van der Waals surface area contributed by atoms with Crippen LogP contribution in [0.3, 0.4) is 0 Å². The highest BCUT2D eigenvalue weighted by atomic mass is 79.9. The molecule has 31 heavy (non-hydrogen) atoms. The van der Waals surface area contributed by atoms with Gasteiger partial charge in [-0.1, -0.05) is 28.1 Å². The van der Waals surface area contributed by atoms with E-state index in [1.807, 2.05) is 12.1 Å². The first-order chi connectivity index (χ1) is 14.8. The summed E-state index contributed by atoms with van der Waals surface area (Å²) in [5.74, 6) is -1.18. The summed E-state index contributed by atoms with van der Waals surface area (Å²) in [6, 6.07) is 12.3. The first-order valence-corrected chi connectivity index (χ1v) is 10.9. The highest BCUT2D eigenvalue weighted by Gasteiger charge is 2.55. The monoisotopic (exact) mass is 498 g/mol. The molecule has 5 rings (SSSR count). The number of fused-ring (bicyclic) bond motifs is 4. The fraction of sp³-hybridized carbons (Fsp3) is 0.136. The Morgan fingerprint density at radius 1 is 1.16 bits per heavy atom. The molecule has 3 N–H and O–H groups in total. The Bertz CT molecular complexity index is 1280. The molecule has 0 saturated heterocycles. The molecule has 0 fully saturated rings. The largest absolute Gasteiger partial charge is 0.497 e. The lowest BCUT2D eigenvalue weighted by atomic mass is 9.74. The van der Waals surface area contributed by atoms with Crippen LogP contribution in [0.4, 0.5) is 11.4 Å². The van der Waals surface area contributed by atoms with Gasteiger partial charge >= 0.3 is 5.97 Å². The molecule has 2 aromatic carbocycles. The van der Waals surface area contributed by atoms with Gasteiger partial charge in [-0.2, -0.15) is 0 Å². The number of carboxylic acids is 1. The number of carbonyl (C=O) groups excluding carboxylic acids is 2. The smallest absolute Gasteiger partial charge is 0.346 e. The van der Waals surface area contributed by atoms with Gasteiger partial charge in [-0.05, 0) is 41.5 Å². The summed E-state index contributed by atoms with van der Waals surface area (Å²) in [5, 5.41) is 15.6. The van der Waals surface area contributed by atoms with Crippen molar-refractivity contribution < 1.29 is 24.2 Å². The van der Waals surface area contributed by atoms with Gasteiger partial charge in [-0.25, -0.2) is 4.79 Å². The maximum atomic E-state index is 13.3. The van der Waals surface area contributed by atoms with Crippen molar-refractivity contribution in [1.29, 1.82) is 0 Å². The average Bonchev–Trinajstić information content (AvgIpc) is 3.25. The van der Waals surface area contributed by atoms with Crippen LogP contribution in [0.5, 0.6) is 5.75 Å². The minimum atomic E-state index is -1.28. The van der Waals surface area contributed by atoms with Crippen LogP contribution in [0.2, 0.25) is 0 Å². The second-order valence-electron chi connectivity index (χ2n) is 7.32. The number of thiophene rings is 1. The molecule has 0 bridgehead atoms. The number of rotatable bonds is 3. The second kappa shape index (κ2) is 6.93. The molecule has 3 heterocycles. The van der Waals surface area contributed by atoms with Crippen molar-refractivity contribution in [3.05, 3.63) is 62.3 Å². The third-order valence-electron chi connectivity index (χ3n) is 5.64. The van der Waals surface area contributed by atoms with Crippen molar-refractivity contribution >= 4 is 56.4 Å². The van der Waals surface area contributed by atoms with Gasteiger partial charge < -0.3 is 20.5 Å². The van der Waals surface area contributed by atoms with Crippen molar-refractivity contribution in [3.63, 3.8) is 0 Å². The molecule has 0 saturated carbocycles. The van der Waals surface area contributed by atoms with Gasteiger partial charge in [0.15, 0.2) is 0 Å². The zero-order chi connectivity index (χ0) is 21.9. The maximum absolute atomic E-state index is 13.3. The van der Waals surface area contributed by atoms with E-state index in [2.05, 4.69) is 26.6 Å². The summed E-state index contributed by atoms with van der Waals surface area (Å²) < 4.78 is 5.96. The van der Waals surface area contributed by atoms with Crippen LogP contribution < -0.4 is 15.4 Å². The molecule has 0 radical (unpaired) electrons. The number of carboxylic acid groups (broad SMARTS) is 1. The Morgan fingerprint density at radius 3 is 2.58 bits per heavy atom. The Balaban J connectivity index is 1.81. The van der Waals surface area contributed by atoms with E-state index >= 15 is 0 Å². The lowest BCUT2D eigenvalue weighted by Crippen LogP contribution is -2.42. The molecule has 1 aromatic heterocycles. The number of benzene rings is 2. The second-order valence-corrected chi connectivity index (χ2v) is 9.25. The van der Waals surface area contributed by atoms with Crippen LogP contribution in [0, 0.1) is 0 Å². The maximum Gasteiger partial charge on any atom is 0.346 e. The van der Waals surface area contributed by atoms with E-state index in [9.17, 15) is 19.5 Å². The van der Waals surface area contributed by atoms with E-state index in [4.69, 9.17) is 4.74 Å². The summed E-state index contributed by atoms with van der Waals surface area (Å²) in [4.78, 5) is 38.8. The van der Waals surface area contributed by atoms with Crippen LogP contribution in [0.25, 0.3) is 11.1 Å². The van der Waals surface area contributed by atoms with Crippen LogP contribution in [0.1, 0.15) is 26.5 Å². The number of nitrogens with one attached hydrogen (secondary N) is 2. The first-order valence-electron chi connectivity index (χ1n) is 9.31. The molecule has 7 nitrogen and oxygen atoms in total. The van der Waals surface area contributed by atoms with Crippen molar-refractivity contribution in [3.8, 4) is 16.9 Å². The van der Waals surface area contributed by atoms with Gasteiger partial charge in [0.05, 0.1) is 24.1 Å². The fourth-order valence-corrected chi connectivity index (χ4v) is 5.95. The fourth-order valence-electron chi connectivity index (χ4n) is 4.27. The van der Waals surface area contributed by atoms with Gasteiger partial charge in [0.25, 0.3) is 0 Å². The molecule has 3 aromatic rings. The lowest BCUT2D eigenvalue weighted by Gasteiger charge is -2.31. The molecule has 2 aliphatic rings. The number of anilines is 2. The predicted octanol–water partition coefficient (Wildman–Crippen LogP) is 4.46. The van der Waals surface area contributed by atoms with E-state index in [0.29, 0.717) is 38.7 Å². The number of hydrogen-bond acceptors (Lipinski definition) is 5. The van der Waals surface area contributed by atoms with Gasteiger partial charge in [0, 0.05) is 15.7 Å². The molecule has 0 aliphatic carbocycles. The van der Waals surface area contributed by atoms with Gasteiger partial charge in [0.1, 0.15) is 16.0 Å². The topological polar surface area (TPSA) is 105 Å². The molecule has 0 unspecified atom stereocenters. The molecule has 156 valence electrons. The van der Waals surface area contributed by atoms with E-state index in [1.54, 1.807) is 37.4 Å². The number of amides is 2. The minimum Gasteiger partial charge on any atom is -0.497 e. The first kappa shape index (κ1) is 19.8. The standard InChI is InChI=1S/C22H15BrN2O5S/c1-30-12-5-2-10(3-6-12)16-17-19(31-18(16)20(27)28)22(9-15(26)25-17)13-8-11(23)4-7-14(13)24-21(22)29/h2-8H,9H2,1H3,(H,24,29)(H,25,26)(H,27,28)/t22-/m1/s1. The van der Waals surface area contributed by atoms with Gasteiger partial charge in [-0.3, -0.25) is 9.59 Å². The third-order valence-corrected chi connectivity index (χ3v) is 7.47. The Labute approximate surface area is 189 Å². The van der Waals surface area contributed by atoms with Gasteiger partial charge in [0.2, 0.25) is 11.8 Å². The molecular weight excluding hydrogens is 484 g/mol. The quantitative estimate of drug-likeness (QED) is 0.494. The minimum absolute atomic E-state index is 0.0630. The van der Waals surface area contributed by atoms with Gasteiger partial charge in [-0.15, -0.1) is 11.3 Å². The van der Waals surface area contributed by atoms with Crippen molar-refractivity contribution in [2.24, 2.45) is 0 Å². The van der Waals surface area contributed by atoms with Crippen LogP contribution in [-0.4, -0.2) is 30.0 Å². The van der Waals surface area contributed by atoms with Crippen LogP contribution in [0.15, 0.2) is 46.9 Å². The number of carbonyl (C=O) groups is 3. The van der Waals surface area contributed by atoms with Crippen LogP contribution >= 0.6 is 27.3 Å². The summed E-state index contributed by atoms with van der Waals surface area (Å²) in [6.45, 7) is 0. The molecule has 2 amide bonds. The number of hydrogen-bond donors (Lipinski definition) is 3. The molecule has 9 heteroatoms. The molecular formula is C22H15BrN2O5S. The third kappa shape index (κ3) is 2.80. The van der Waals surface area contributed by atoms with E-state index < -0.39 is 11.4 Å². The number of methoxy groups -OCH3 is 1. The predicted molar refractivity (Wildman–Crippen MR) is 120 cm³/mol. The number of aromatic carboxylic acids is 1. The van der Waals surface area contributed by atoms with E-state index in [0.717, 1.165) is 15.8 Å². The summed E-state index contributed by atoms with van der Waals surface area (Å²) >= 11 is 4.47. The van der Waals surface area contributed by atoms with E-state index in [1.165, 1.54) is 0 Å². The SMILES string of the molecule is COc1ccc(-c2c(C(=O)O)sc3c2NC(=O)C[C@]32C(=O)Nc3ccc(Br)cc32)cc1. The highest BCUT2D eigenvalue weighted by Crippen LogP contribution is 2.56. The Morgan fingerprint density at radius 2 is 1.90 bits per heavy atom. The summed E-state index contributed by atoms with van der Waals surface area (Å²) in [7, 11) is 1.54. The average molecular weight is 499 g/mol. The Hall–Kier alpha value is -3.17. The van der Waals surface area contributed by atoms with Crippen molar-refractivity contribution in [2.45, 2.75) is 11.8 Å². The summed E-state index contributed by atoms with van der Waals surface area (Å²) in [5.41, 5.74) is 1.36. The van der Waals surface area contributed by atoms with Crippen LogP contribution in [-0.2, 0) is 15.0 Å². The highest BCUT2D eigenvalue weighted by molar-refractivity contribution is 9.10. The van der Waals surface area contributed by atoms with E-state index in [-0.39, 0.29) is 23.1 Å². The molecule has 1 atom stereocenters. The Kier molecular flexibility index (Phi) is 4.42. The van der Waals surface area contributed by atoms with Crippen molar-refractivity contribution in [1.82, 2.24) is 0 Å². The number of halogens is 1.